The molecule has 0 aromatic carbocycles. The minimum atomic E-state index is -0.495. The minimum absolute atomic E-state index is 0.365. The molecule has 0 unspecified atom stereocenters. The number of rotatable bonds is 1. The van der Waals surface area contributed by atoms with Crippen LogP contribution in [-0.4, -0.2) is 12.6 Å². The third kappa shape index (κ3) is 4.92. The van der Waals surface area contributed by atoms with E-state index < -0.39 is 5.97 Å². The molecule has 0 aliphatic heterocycles. The summed E-state index contributed by atoms with van der Waals surface area (Å²) in [6.07, 6.45) is 0. The van der Waals surface area contributed by atoms with Crippen LogP contribution >= 0.6 is 0 Å². The summed E-state index contributed by atoms with van der Waals surface area (Å²) in [4.78, 5) is 10.5. The molecule has 0 saturated carbocycles. The maximum atomic E-state index is 10.5. The number of carbonyl (C=O) groups is 1. The molecule has 0 heterocycles. The molecule has 0 saturated heterocycles. The second-order valence-corrected chi connectivity index (χ2v) is 1.75. The summed E-state index contributed by atoms with van der Waals surface area (Å²) in [6, 6.07) is 0. The molecule has 0 radical (unpaired) electrons. The summed E-state index contributed by atoms with van der Waals surface area (Å²) < 4.78 is 4.54. The van der Waals surface area contributed by atoms with Crippen molar-refractivity contribution in [3.63, 3.8) is 0 Å². The van der Waals surface area contributed by atoms with Gasteiger partial charge in [0.15, 0.2) is 0 Å². The van der Waals surface area contributed by atoms with Crippen LogP contribution < -0.4 is 0 Å². The Morgan fingerprint density at radius 3 is 2.60 bits per heavy atom. The second kappa shape index (κ2) is 4.63. The summed E-state index contributed by atoms with van der Waals surface area (Å²) in [7, 11) is 0. The highest BCUT2D eigenvalue weighted by Gasteiger charge is 1.90. The van der Waals surface area contributed by atoms with Crippen LogP contribution in [0.2, 0.25) is 0 Å². The van der Waals surface area contributed by atoms with E-state index in [0.29, 0.717) is 12.2 Å². The van der Waals surface area contributed by atoms with Crippen LogP contribution in [0, 0.1) is 11.8 Å². The second-order valence-electron chi connectivity index (χ2n) is 1.75. The molecule has 0 bridgehead atoms. The van der Waals surface area contributed by atoms with Crippen LogP contribution in [0.4, 0.5) is 0 Å². The molecule has 2 heteroatoms. The van der Waals surface area contributed by atoms with E-state index in [1.807, 2.05) is 0 Å². The molecule has 0 amide bonds. The van der Waals surface area contributed by atoms with E-state index in [9.17, 15) is 4.79 Å². The number of esters is 1. The fourth-order valence-electron chi connectivity index (χ4n) is 0.325. The maximum absolute atomic E-state index is 10.5. The SMILES string of the molecule is C=C(C)C#CC(=O)OCC. The summed E-state index contributed by atoms with van der Waals surface area (Å²) >= 11 is 0. The highest BCUT2D eigenvalue weighted by Crippen LogP contribution is 1.81. The Kier molecular flexibility index (Phi) is 4.06. The zero-order valence-electron chi connectivity index (χ0n) is 6.23. The largest absolute Gasteiger partial charge is 0.456 e. The zero-order valence-corrected chi connectivity index (χ0v) is 6.23. The lowest BCUT2D eigenvalue weighted by atomic mass is 10.3. The molecule has 0 aromatic heterocycles. The summed E-state index contributed by atoms with van der Waals surface area (Å²) in [5.74, 6) is 4.29. The Labute approximate surface area is 60.9 Å². The van der Waals surface area contributed by atoms with Crippen molar-refractivity contribution in [3.8, 4) is 11.8 Å². The fraction of sp³-hybridized carbons (Fsp3) is 0.375. The number of carbonyl (C=O) groups excluding carboxylic acids is 1. The first-order chi connectivity index (χ1) is 4.66. The van der Waals surface area contributed by atoms with Gasteiger partial charge in [-0.3, -0.25) is 0 Å². The molecule has 0 spiro atoms. The van der Waals surface area contributed by atoms with Crippen molar-refractivity contribution < 1.29 is 9.53 Å². The van der Waals surface area contributed by atoms with E-state index in [1.54, 1.807) is 13.8 Å². The summed E-state index contributed by atoms with van der Waals surface area (Å²) in [5.41, 5.74) is 0.660. The van der Waals surface area contributed by atoms with Gasteiger partial charge in [0.05, 0.1) is 6.61 Å². The Bertz CT molecular complexity index is 193. The quantitative estimate of drug-likeness (QED) is 0.308. The summed E-state index contributed by atoms with van der Waals surface area (Å²) in [6.45, 7) is 7.34. The maximum Gasteiger partial charge on any atom is 0.384 e. The van der Waals surface area contributed by atoms with Crippen LogP contribution in [-0.2, 0) is 9.53 Å². The molecular formula is C8H10O2. The van der Waals surface area contributed by atoms with Gasteiger partial charge < -0.3 is 4.74 Å². The van der Waals surface area contributed by atoms with Crippen LogP contribution in [0.1, 0.15) is 13.8 Å². The van der Waals surface area contributed by atoms with Gasteiger partial charge in [0.1, 0.15) is 0 Å². The van der Waals surface area contributed by atoms with Gasteiger partial charge in [-0.15, -0.1) is 0 Å². The van der Waals surface area contributed by atoms with E-state index in [1.165, 1.54) is 0 Å². The zero-order chi connectivity index (χ0) is 7.98. The van der Waals surface area contributed by atoms with Crippen molar-refractivity contribution in [3.05, 3.63) is 12.2 Å². The lowest BCUT2D eigenvalue weighted by Crippen LogP contribution is -1.99. The lowest BCUT2D eigenvalue weighted by molar-refractivity contribution is -0.136. The highest BCUT2D eigenvalue weighted by molar-refractivity contribution is 5.88. The van der Waals surface area contributed by atoms with Gasteiger partial charge in [-0.05, 0) is 19.4 Å². The first kappa shape index (κ1) is 8.77. The number of ether oxygens (including phenoxy) is 1. The molecule has 0 aliphatic rings. The van der Waals surface area contributed by atoms with Crippen molar-refractivity contribution in [2.45, 2.75) is 13.8 Å². The first-order valence-electron chi connectivity index (χ1n) is 3.01. The molecule has 0 aromatic rings. The van der Waals surface area contributed by atoms with Crippen LogP contribution in [0.15, 0.2) is 12.2 Å². The smallest absolute Gasteiger partial charge is 0.384 e. The lowest BCUT2D eigenvalue weighted by Gasteiger charge is -1.90. The number of hydrogen-bond donors (Lipinski definition) is 0. The predicted octanol–water partition coefficient (Wildman–Crippen LogP) is 1.13. The standard InChI is InChI=1S/C8H10O2/c1-4-10-8(9)6-5-7(2)3/h2,4H2,1,3H3. The van der Waals surface area contributed by atoms with Gasteiger partial charge in [-0.25, -0.2) is 4.79 Å². The predicted molar refractivity (Wildman–Crippen MR) is 39.2 cm³/mol. The van der Waals surface area contributed by atoms with Crippen molar-refractivity contribution >= 4 is 5.97 Å². The third-order valence-electron chi connectivity index (χ3n) is 0.653. The Hall–Kier alpha value is -1.23. The summed E-state index contributed by atoms with van der Waals surface area (Å²) in [5, 5.41) is 0. The highest BCUT2D eigenvalue weighted by atomic mass is 16.5. The Morgan fingerprint density at radius 1 is 1.60 bits per heavy atom. The first-order valence-corrected chi connectivity index (χ1v) is 3.01. The van der Waals surface area contributed by atoms with Crippen molar-refractivity contribution in [1.29, 1.82) is 0 Å². The number of allylic oxidation sites excluding steroid dienone is 1. The minimum Gasteiger partial charge on any atom is -0.456 e. The molecule has 0 rings (SSSR count). The normalized spacial score (nSPS) is 7.40. The molecule has 10 heavy (non-hydrogen) atoms. The van der Waals surface area contributed by atoms with Gasteiger partial charge in [-0.2, -0.15) is 0 Å². The van der Waals surface area contributed by atoms with E-state index in [0.717, 1.165) is 0 Å². The van der Waals surface area contributed by atoms with Gasteiger partial charge >= 0.3 is 5.97 Å². The van der Waals surface area contributed by atoms with Crippen LogP contribution in [0.5, 0.6) is 0 Å². The Balaban J connectivity index is 3.81. The van der Waals surface area contributed by atoms with Crippen molar-refractivity contribution in [2.75, 3.05) is 6.61 Å². The van der Waals surface area contributed by atoms with E-state index >= 15 is 0 Å². The molecule has 0 aliphatic carbocycles. The van der Waals surface area contributed by atoms with Gasteiger partial charge in [0, 0.05) is 5.92 Å². The molecule has 54 valence electrons. The molecular weight excluding hydrogens is 128 g/mol. The van der Waals surface area contributed by atoms with Crippen LogP contribution in [0.3, 0.4) is 0 Å². The average Bonchev–Trinajstić information content (AvgIpc) is 1.85. The van der Waals surface area contributed by atoms with Gasteiger partial charge in [0.2, 0.25) is 0 Å². The Morgan fingerprint density at radius 2 is 2.20 bits per heavy atom. The molecule has 0 fully saturated rings. The third-order valence-corrected chi connectivity index (χ3v) is 0.653. The molecule has 2 nitrogen and oxygen atoms in total. The van der Waals surface area contributed by atoms with Crippen molar-refractivity contribution in [1.82, 2.24) is 0 Å². The van der Waals surface area contributed by atoms with Gasteiger partial charge in [0.25, 0.3) is 0 Å². The molecule has 0 N–H and O–H groups in total. The van der Waals surface area contributed by atoms with E-state index in [4.69, 9.17) is 0 Å². The number of hydrogen-bond acceptors (Lipinski definition) is 2. The average molecular weight is 138 g/mol. The topological polar surface area (TPSA) is 26.3 Å². The van der Waals surface area contributed by atoms with E-state index in [-0.39, 0.29) is 0 Å². The van der Waals surface area contributed by atoms with E-state index in [2.05, 4.69) is 23.2 Å². The van der Waals surface area contributed by atoms with Crippen LogP contribution in [0.25, 0.3) is 0 Å². The monoisotopic (exact) mass is 138 g/mol. The molecule has 0 atom stereocenters. The van der Waals surface area contributed by atoms with Gasteiger partial charge in [-0.1, -0.05) is 12.5 Å². The van der Waals surface area contributed by atoms with Crippen molar-refractivity contribution in [2.24, 2.45) is 0 Å². The fourth-order valence-corrected chi connectivity index (χ4v) is 0.325.